The molecule has 0 spiro atoms. The molecule has 0 aromatic heterocycles. The predicted molar refractivity (Wildman–Crippen MR) is 200 cm³/mol. The van der Waals surface area contributed by atoms with Crippen molar-refractivity contribution >= 4 is 12.2 Å². The molecule has 1 amide bonds. The smallest absolute Gasteiger partial charge is 0.222 e. The first-order valence-electron chi connectivity index (χ1n) is 20.6. The van der Waals surface area contributed by atoms with Crippen molar-refractivity contribution in [3.8, 4) is 0 Å². The van der Waals surface area contributed by atoms with Gasteiger partial charge in [-0.1, -0.05) is 206 Å². The number of carbonyl (C=O) groups excluding carboxylic acids is 1. The van der Waals surface area contributed by atoms with Crippen molar-refractivity contribution in [3.63, 3.8) is 0 Å². The molecule has 1 aliphatic heterocycles. The lowest BCUT2D eigenvalue weighted by atomic mass is 9.76. The van der Waals surface area contributed by atoms with Crippen molar-refractivity contribution in [2.24, 2.45) is 16.6 Å². The average Bonchev–Trinajstić information content (AvgIpc) is 3.59. The van der Waals surface area contributed by atoms with Crippen LogP contribution in [0, 0.1) is 5.92 Å². The SMILES string of the molecule is CCCCCCCCCCCCCCCCCCC(C)(C(CCCCCCCCCCCCCCCC)C(N)=O)N1C=NCC1. The summed E-state index contributed by atoms with van der Waals surface area (Å²) >= 11 is 0. The summed E-state index contributed by atoms with van der Waals surface area (Å²) in [4.78, 5) is 19.7. The molecular formula is C41H81N3O. The van der Waals surface area contributed by atoms with Crippen LogP contribution in [0.3, 0.4) is 0 Å². The third kappa shape index (κ3) is 22.2. The number of unbranched alkanes of at least 4 members (excludes halogenated alkanes) is 28. The zero-order chi connectivity index (χ0) is 32.7. The van der Waals surface area contributed by atoms with E-state index >= 15 is 0 Å². The van der Waals surface area contributed by atoms with Crippen LogP contribution in [0.1, 0.15) is 226 Å². The molecule has 0 bridgehead atoms. The second-order valence-electron chi connectivity index (χ2n) is 15.0. The van der Waals surface area contributed by atoms with Crippen LogP contribution in [-0.2, 0) is 4.79 Å². The zero-order valence-electron chi connectivity index (χ0n) is 31.1. The van der Waals surface area contributed by atoms with Crippen LogP contribution in [0.25, 0.3) is 0 Å². The molecule has 2 unspecified atom stereocenters. The molecule has 0 aliphatic carbocycles. The predicted octanol–water partition coefficient (Wildman–Crippen LogP) is 12.7. The standard InChI is InChI=1S/C41H81N3O/c1-4-6-8-10-12-14-16-18-20-21-23-25-27-29-31-33-35-41(3,44-37-36-43-38-44)39(40(42)45)34-32-30-28-26-24-22-19-17-15-13-11-9-7-5-2/h38-39H,4-37H2,1-3H3,(H2,42,45). The third-order valence-corrected chi connectivity index (χ3v) is 10.8. The summed E-state index contributed by atoms with van der Waals surface area (Å²) in [5.74, 6) is -0.195. The van der Waals surface area contributed by atoms with E-state index in [0.717, 1.165) is 32.4 Å². The van der Waals surface area contributed by atoms with Gasteiger partial charge < -0.3 is 10.6 Å². The Morgan fingerprint density at radius 3 is 1.24 bits per heavy atom. The number of hydrogen-bond acceptors (Lipinski definition) is 3. The molecule has 0 aromatic carbocycles. The topological polar surface area (TPSA) is 58.7 Å². The number of amides is 1. The Labute approximate surface area is 282 Å². The maximum Gasteiger partial charge on any atom is 0.222 e. The number of hydrogen-bond donors (Lipinski definition) is 1. The molecule has 1 heterocycles. The summed E-state index contributed by atoms with van der Waals surface area (Å²) in [6.07, 6.45) is 45.2. The lowest BCUT2D eigenvalue weighted by Crippen LogP contribution is -2.54. The molecule has 4 heteroatoms. The van der Waals surface area contributed by atoms with E-state index in [0.29, 0.717) is 0 Å². The Kier molecular flexibility index (Phi) is 28.2. The minimum absolute atomic E-state index is 0.0873. The molecule has 2 N–H and O–H groups in total. The Morgan fingerprint density at radius 1 is 0.600 bits per heavy atom. The third-order valence-electron chi connectivity index (χ3n) is 10.8. The first kappa shape index (κ1) is 42.0. The van der Waals surface area contributed by atoms with Gasteiger partial charge in [-0.15, -0.1) is 0 Å². The average molecular weight is 632 g/mol. The molecule has 0 aromatic rings. The van der Waals surface area contributed by atoms with Crippen LogP contribution >= 0.6 is 0 Å². The van der Waals surface area contributed by atoms with Gasteiger partial charge in [-0.25, -0.2) is 0 Å². The highest BCUT2D eigenvalue weighted by Crippen LogP contribution is 2.35. The van der Waals surface area contributed by atoms with E-state index < -0.39 is 0 Å². The van der Waals surface area contributed by atoms with E-state index in [2.05, 4.69) is 30.7 Å². The van der Waals surface area contributed by atoms with E-state index in [-0.39, 0.29) is 17.4 Å². The summed E-state index contributed by atoms with van der Waals surface area (Å²) in [7, 11) is 0. The zero-order valence-corrected chi connectivity index (χ0v) is 31.1. The van der Waals surface area contributed by atoms with Gasteiger partial charge in [-0.05, 0) is 19.8 Å². The van der Waals surface area contributed by atoms with Gasteiger partial charge in [0.15, 0.2) is 0 Å². The van der Waals surface area contributed by atoms with Gasteiger partial charge in [0.05, 0.1) is 18.8 Å². The largest absolute Gasteiger partial charge is 0.369 e. The summed E-state index contributed by atoms with van der Waals surface area (Å²) in [5.41, 5.74) is 5.90. The Bertz CT molecular complexity index is 680. The minimum Gasteiger partial charge on any atom is -0.369 e. The highest BCUT2D eigenvalue weighted by atomic mass is 16.1. The number of aliphatic imine (C=N–C) groups is 1. The second-order valence-corrected chi connectivity index (χ2v) is 15.0. The van der Waals surface area contributed by atoms with Crippen molar-refractivity contribution in [2.75, 3.05) is 13.1 Å². The summed E-state index contributed by atoms with van der Waals surface area (Å²) in [6, 6.07) is 0. The first-order valence-corrected chi connectivity index (χ1v) is 20.6. The molecule has 2 atom stereocenters. The molecular weight excluding hydrogens is 550 g/mol. The van der Waals surface area contributed by atoms with Crippen molar-refractivity contribution in [3.05, 3.63) is 0 Å². The quantitative estimate of drug-likeness (QED) is 0.0707. The first-order chi connectivity index (χ1) is 22.1. The van der Waals surface area contributed by atoms with Crippen molar-refractivity contribution in [2.45, 2.75) is 232 Å². The molecule has 0 saturated heterocycles. The molecule has 0 saturated carbocycles. The minimum atomic E-state index is -0.196. The molecule has 45 heavy (non-hydrogen) atoms. The highest BCUT2D eigenvalue weighted by molar-refractivity contribution is 5.79. The Balaban J connectivity index is 2.18. The lowest BCUT2D eigenvalue weighted by Gasteiger charge is -2.43. The van der Waals surface area contributed by atoms with Crippen molar-refractivity contribution < 1.29 is 4.79 Å². The molecule has 1 aliphatic rings. The Morgan fingerprint density at radius 2 is 0.933 bits per heavy atom. The maximum absolute atomic E-state index is 12.8. The molecule has 0 radical (unpaired) electrons. The van der Waals surface area contributed by atoms with Crippen LogP contribution in [0.15, 0.2) is 4.99 Å². The van der Waals surface area contributed by atoms with E-state index in [1.807, 2.05) is 6.34 Å². The number of rotatable bonds is 35. The lowest BCUT2D eigenvalue weighted by molar-refractivity contribution is -0.126. The van der Waals surface area contributed by atoms with E-state index in [1.54, 1.807) is 0 Å². The van der Waals surface area contributed by atoms with Gasteiger partial charge in [0.25, 0.3) is 0 Å². The van der Waals surface area contributed by atoms with Crippen LogP contribution in [0.2, 0.25) is 0 Å². The summed E-state index contributed by atoms with van der Waals surface area (Å²) in [5, 5.41) is 0. The van der Waals surface area contributed by atoms with Gasteiger partial charge in [-0.3, -0.25) is 9.79 Å². The maximum atomic E-state index is 12.8. The fourth-order valence-corrected chi connectivity index (χ4v) is 7.62. The monoisotopic (exact) mass is 632 g/mol. The van der Waals surface area contributed by atoms with Crippen LogP contribution in [0.4, 0.5) is 0 Å². The summed E-state index contributed by atoms with van der Waals surface area (Å²) in [6.45, 7) is 8.66. The normalized spacial score (nSPS) is 15.1. The van der Waals surface area contributed by atoms with Crippen LogP contribution in [-0.4, -0.2) is 35.8 Å². The second kappa shape index (κ2) is 30.3. The van der Waals surface area contributed by atoms with Crippen molar-refractivity contribution in [1.29, 1.82) is 0 Å². The van der Waals surface area contributed by atoms with E-state index in [9.17, 15) is 4.79 Å². The molecule has 1 rings (SSSR count). The van der Waals surface area contributed by atoms with E-state index in [4.69, 9.17) is 5.73 Å². The van der Waals surface area contributed by atoms with Crippen molar-refractivity contribution in [1.82, 2.24) is 4.90 Å². The van der Waals surface area contributed by atoms with Gasteiger partial charge in [0, 0.05) is 12.1 Å². The van der Waals surface area contributed by atoms with Gasteiger partial charge in [0.1, 0.15) is 0 Å². The number of carbonyl (C=O) groups is 1. The highest BCUT2D eigenvalue weighted by Gasteiger charge is 2.41. The fraction of sp³-hybridized carbons (Fsp3) is 0.951. The fourth-order valence-electron chi connectivity index (χ4n) is 7.62. The van der Waals surface area contributed by atoms with Crippen LogP contribution < -0.4 is 5.73 Å². The number of nitrogens with zero attached hydrogens (tertiary/aromatic N) is 2. The molecule has 4 nitrogen and oxygen atoms in total. The number of primary amides is 1. The Hall–Kier alpha value is -1.06. The van der Waals surface area contributed by atoms with Gasteiger partial charge >= 0.3 is 0 Å². The van der Waals surface area contributed by atoms with Gasteiger partial charge in [-0.2, -0.15) is 0 Å². The van der Waals surface area contributed by atoms with Crippen LogP contribution in [0.5, 0.6) is 0 Å². The molecule has 0 fully saturated rings. The number of nitrogens with two attached hydrogens (primary N) is 1. The molecule has 266 valence electrons. The van der Waals surface area contributed by atoms with Gasteiger partial charge in [0.2, 0.25) is 5.91 Å². The summed E-state index contributed by atoms with van der Waals surface area (Å²) < 4.78 is 0. The van der Waals surface area contributed by atoms with E-state index in [1.165, 1.54) is 186 Å².